The summed E-state index contributed by atoms with van der Waals surface area (Å²) in [6.07, 6.45) is 5.52. The summed E-state index contributed by atoms with van der Waals surface area (Å²) in [5, 5.41) is 1.71. The van der Waals surface area contributed by atoms with Gasteiger partial charge in [-0.05, 0) is 61.6 Å². The summed E-state index contributed by atoms with van der Waals surface area (Å²) >= 11 is 13.7. The Balaban J connectivity index is 1.58. The lowest BCUT2D eigenvalue weighted by Crippen LogP contribution is -2.09. The first-order valence-electron chi connectivity index (χ1n) is 9.20. The Labute approximate surface area is 175 Å². The predicted octanol–water partition coefficient (Wildman–Crippen LogP) is 6.49. The summed E-state index contributed by atoms with van der Waals surface area (Å²) in [7, 11) is 0. The summed E-state index contributed by atoms with van der Waals surface area (Å²) < 4.78 is 5.95. The Morgan fingerprint density at radius 2 is 1.82 bits per heavy atom. The van der Waals surface area contributed by atoms with Crippen molar-refractivity contribution in [3.8, 4) is 22.9 Å². The third kappa shape index (κ3) is 3.08. The summed E-state index contributed by atoms with van der Waals surface area (Å²) in [4.78, 5) is 22.5. The Morgan fingerprint density at radius 3 is 2.68 bits per heavy atom. The summed E-state index contributed by atoms with van der Waals surface area (Å²) in [6.45, 7) is 0. The van der Waals surface area contributed by atoms with Crippen molar-refractivity contribution < 1.29 is 4.42 Å². The van der Waals surface area contributed by atoms with Gasteiger partial charge in [-0.1, -0.05) is 29.6 Å². The Kier molecular flexibility index (Phi) is 4.54. The molecule has 4 nitrogen and oxygen atoms in total. The maximum atomic E-state index is 12.8. The van der Waals surface area contributed by atoms with Crippen molar-refractivity contribution in [3.05, 3.63) is 61.2 Å². The fourth-order valence-electron chi connectivity index (χ4n) is 3.73. The van der Waals surface area contributed by atoms with Crippen LogP contribution in [0.2, 0.25) is 10.0 Å². The van der Waals surface area contributed by atoms with Gasteiger partial charge in [0.05, 0.1) is 15.4 Å². The van der Waals surface area contributed by atoms with Crippen molar-refractivity contribution in [2.75, 3.05) is 0 Å². The molecule has 1 aliphatic carbocycles. The number of aryl methyl sites for hydroxylation is 2. The maximum Gasteiger partial charge on any atom is 0.260 e. The number of fused-ring (bicyclic) bond motifs is 3. The highest BCUT2D eigenvalue weighted by molar-refractivity contribution is 7.18. The predicted molar refractivity (Wildman–Crippen MR) is 115 cm³/mol. The zero-order valence-electron chi connectivity index (χ0n) is 14.9. The number of thiophene rings is 1. The first kappa shape index (κ1) is 18.0. The van der Waals surface area contributed by atoms with Gasteiger partial charge >= 0.3 is 0 Å². The molecule has 0 radical (unpaired) electrons. The van der Waals surface area contributed by atoms with Gasteiger partial charge in [0.15, 0.2) is 11.6 Å². The number of hydrogen-bond acceptors (Lipinski definition) is 4. The van der Waals surface area contributed by atoms with Gasteiger partial charge in [0, 0.05) is 10.4 Å². The third-order valence-electron chi connectivity index (χ3n) is 5.12. The van der Waals surface area contributed by atoms with E-state index in [1.165, 1.54) is 23.3 Å². The SMILES string of the molecule is O=c1[nH]c(-c2ccc(-c3ccc(Cl)c(Cl)c3)o2)nc2sc3c(c12)CCCCC3. The van der Waals surface area contributed by atoms with E-state index in [9.17, 15) is 4.79 Å². The lowest BCUT2D eigenvalue weighted by Gasteiger charge is -2.01. The van der Waals surface area contributed by atoms with Crippen LogP contribution in [0.25, 0.3) is 33.1 Å². The van der Waals surface area contributed by atoms with Gasteiger partial charge in [0.2, 0.25) is 0 Å². The Morgan fingerprint density at radius 1 is 1.00 bits per heavy atom. The standard InChI is InChI=1S/C21H16Cl2N2O2S/c22-13-7-6-11(10-14(13)23)15-8-9-16(27-15)19-24-20(26)18-12-4-2-1-3-5-17(12)28-21(18)25-19/h6-10H,1-5H2,(H,24,25,26). The molecule has 7 heteroatoms. The maximum absolute atomic E-state index is 12.8. The molecule has 1 N–H and O–H groups in total. The molecule has 0 atom stereocenters. The van der Waals surface area contributed by atoms with E-state index in [-0.39, 0.29) is 5.56 Å². The van der Waals surface area contributed by atoms with E-state index in [2.05, 4.69) is 4.98 Å². The second-order valence-electron chi connectivity index (χ2n) is 6.95. The number of halogens is 2. The molecule has 0 spiro atoms. The average molecular weight is 431 g/mol. The number of nitrogens with one attached hydrogen (secondary N) is 1. The van der Waals surface area contributed by atoms with Crippen LogP contribution in [0.15, 0.2) is 39.5 Å². The molecule has 0 bridgehead atoms. The fraction of sp³-hybridized carbons (Fsp3) is 0.238. The topological polar surface area (TPSA) is 58.9 Å². The van der Waals surface area contributed by atoms with Crippen LogP contribution in [-0.4, -0.2) is 9.97 Å². The number of rotatable bonds is 2. The molecule has 1 aliphatic rings. The first-order chi connectivity index (χ1) is 13.6. The monoisotopic (exact) mass is 430 g/mol. The zero-order chi connectivity index (χ0) is 19.3. The van der Waals surface area contributed by atoms with Crippen LogP contribution in [0.1, 0.15) is 29.7 Å². The molecule has 4 aromatic rings. The summed E-state index contributed by atoms with van der Waals surface area (Å²) in [5.74, 6) is 1.60. The molecule has 142 valence electrons. The number of benzene rings is 1. The fourth-order valence-corrected chi connectivity index (χ4v) is 5.29. The Hall–Kier alpha value is -2.08. The number of hydrogen-bond donors (Lipinski definition) is 1. The van der Waals surface area contributed by atoms with E-state index in [0.717, 1.165) is 35.0 Å². The van der Waals surface area contributed by atoms with Gasteiger partial charge in [0.25, 0.3) is 5.56 Å². The number of nitrogens with zero attached hydrogens (tertiary/aromatic N) is 1. The minimum absolute atomic E-state index is 0.0908. The lowest BCUT2D eigenvalue weighted by atomic mass is 10.1. The van der Waals surface area contributed by atoms with Gasteiger partial charge in [-0.2, -0.15) is 0 Å². The second-order valence-corrected chi connectivity index (χ2v) is 8.85. The molecule has 5 rings (SSSR count). The van der Waals surface area contributed by atoms with E-state index in [1.54, 1.807) is 29.5 Å². The van der Waals surface area contributed by atoms with Gasteiger partial charge in [-0.25, -0.2) is 4.98 Å². The average Bonchev–Trinajstić information content (AvgIpc) is 3.23. The van der Waals surface area contributed by atoms with Crippen LogP contribution in [0.3, 0.4) is 0 Å². The van der Waals surface area contributed by atoms with Crippen LogP contribution in [0.4, 0.5) is 0 Å². The normalized spacial score (nSPS) is 14.2. The molecule has 3 aromatic heterocycles. The lowest BCUT2D eigenvalue weighted by molar-refractivity contribution is 0.592. The smallest absolute Gasteiger partial charge is 0.260 e. The van der Waals surface area contributed by atoms with Crippen molar-refractivity contribution in [3.63, 3.8) is 0 Å². The van der Waals surface area contributed by atoms with Gasteiger partial charge in [-0.15, -0.1) is 11.3 Å². The third-order valence-corrected chi connectivity index (χ3v) is 7.04. The van der Waals surface area contributed by atoms with Crippen LogP contribution in [0, 0.1) is 0 Å². The molecule has 28 heavy (non-hydrogen) atoms. The first-order valence-corrected chi connectivity index (χ1v) is 10.8. The summed E-state index contributed by atoms with van der Waals surface area (Å²) in [5.41, 5.74) is 1.91. The van der Waals surface area contributed by atoms with Crippen LogP contribution in [-0.2, 0) is 12.8 Å². The molecule has 0 unspecified atom stereocenters. The quantitative estimate of drug-likeness (QED) is 0.369. The van der Waals surface area contributed by atoms with E-state index in [1.807, 2.05) is 12.1 Å². The van der Waals surface area contributed by atoms with Crippen LogP contribution < -0.4 is 5.56 Å². The van der Waals surface area contributed by atoms with Gasteiger partial charge < -0.3 is 9.40 Å². The van der Waals surface area contributed by atoms with Crippen molar-refractivity contribution in [1.82, 2.24) is 9.97 Å². The largest absolute Gasteiger partial charge is 0.453 e. The Bertz CT molecular complexity index is 1260. The molecular weight excluding hydrogens is 415 g/mol. The molecule has 1 aromatic carbocycles. The van der Waals surface area contributed by atoms with Crippen LogP contribution in [0.5, 0.6) is 0 Å². The van der Waals surface area contributed by atoms with E-state index in [4.69, 9.17) is 32.6 Å². The van der Waals surface area contributed by atoms with Gasteiger partial charge in [-0.3, -0.25) is 4.79 Å². The van der Waals surface area contributed by atoms with Crippen molar-refractivity contribution in [2.45, 2.75) is 32.1 Å². The minimum atomic E-state index is -0.0908. The minimum Gasteiger partial charge on any atom is -0.453 e. The number of aromatic amines is 1. The second kappa shape index (κ2) is 7.07. The number of furan rings is 1. The number of H-pyrrole nitrogens is 1. The van der Waals surface area contributed by atoms with Crippen molar-refractivity contribution in [2.24, 2.45) is 0 Å². The van der Waals surface area contributed by atoms with Gasteiger partial charge in [0.1, 0.15) is 10.6 Å². The molecule has 0 aliphatic heterocycles. The van der Waals surface area contributed by atoms with Crippen LogP contribution >= 0.6 is 34.5 Å². The molecule has 0 amide bonds. The molecule has 0 saturated carbocycles. The zero-order valence-corrected chi connectivity index (χ0v) is 17.2. The van der Waals surface area contributed by atoms with Crippen molar-refractivity contribution in [1.29, 1.82) is 0 Å². The van der Waals surface area contributed by atoms with E-state index >= 15 is 0 Å². The highest BCUT2D eigenvalue weighted by atomic mass is 35.5. The van der Waals surface area contributed by atoms with E-state index in [0.29, 0.717) is 27.4 Å². The summed E-state index contributed by atoms with van der Waals surface area (Å²) in [6, 6.07) is 8.96. The molecule has 0 fully saturated rings. The molecule has 3 heterocycles. The van der Waals surface area contributed by atoms with E-state index < -0.39 is 0 Å². The molecule has 0 saturated heterocycles. The molecular formula is C21H16Cl2N2O2S. The number of aromatic nitrogens is 2. The van der Waals surface area contributed by atoms with Crippen molar-refractivity contribution >= 4 is 44.8 Å². The highest BCUT2D eigenvalue weighted by Crippen LogP contribution is 2.35. The highest BCUT2D eigenvalue weighted by Gasteiger charge is 2.20.